The fourth-order valence-electron chi connectivity index (χ4n) is 1.87. The average Bonchev–Trinajstić information content (AvgIpc) is 2.36. The summed E-state index contributed by atoms with van der Waals surface area (Å²) in [6.07, 6.45) is 0.608. The molecule has 1 atom stereocenters. The Morgan fingerprint density at radius 3 is 2.75 bits per heavy atom. The molecule has 1 aromatic carbocycles. The molecule has 4 N–H and O–H groups in total. The molecule has 1 saturated heterocycles. The van der Waals surface area contributed by atoms with Crippen molar-refractivity contribution in [3.8, 4) is 0 Å². The van der Waals surface area contributed by atoms with Gasteiger partial charge in [-0.25, -0.2) is 17.5 Å². The first-order chi connectivity index (χ1) is 9.29. The first kappa shape index (κ1) is 15.2. The molecule has 0 spiro atoms. The van der Waals surface area contributed by atoms with E-state index in [0.717, 1.165) is 12.1 Å². The average molecular weight is 366 g/mol. The largest absolute Gasteiger partial charge is 0.398 e. The van der Waals surface area contributed by atoms with Crippen LogP contribution >= 0.6 is 15.9 Å². The molecule has 20 heavy (non-hydrogen) atoms. The molecular formula is C11H13BrFN3O3S. The van der Waals surface area contributed by atoms with Gasteiger partial charge in [-0.15, -0.1) is 0 Å². The van der Waals surface area contributed by atoms with Crippen molar-refractivity contribution >= 4 is 37.5 Å². The highest BCUT2D eigenvalue weighted by Gasteiger charge is 2.26. The number of hydrogen-bond donors (Lipinski definition) is 3. The van der Waals surface area contributed by atoms with E-state index in [1.54, 1.807) is 0 Å². The van der Waals surface area contributed by atoms with Crippen LogP contribution in [0.25, 0.3) is 0 Å². The number of carbonyl (C=O) groups is 1. The Morgan fingerprint density at radius 1 is 1.45 bits per heavy atom. The predicted molar refractivity (Wildman–Crippen MR) is 74.9 cm³/mol. The Bertz CT molecular complexity index is 641. The summed E-state index contributed by atoms with van der Waals surface area (Å²) in [5.41, 5.74) is 5.70. The summed E-state index contributed by atoms with van der Waals surface area (Å²) < 4.78 is 40.7. The molecular weight excluding hydrogens is 353 g/mol. The summed E-state index contributed by atoms with van der Waals surface area (Å²) in [5.74, 6) is -1.02. The van der Waals surface area contributed by atoms with Crippen LogP contribution in [0.4, 0.5) is 10.1 Å². The number of hydrogen-bond acceptors (Lipinski definition) is 4. The lowest BCUT2D eigenvalue weighted by atomic mass is 10.1. The Kier molecular flexibility index (Phi) is 4.31. The number of halogens is 2. The van der Waals surface area contributed by atoms with Crippen LogP contribution < -0.4 is 15.8 Å². The molecule has 1 heterocycles. The zero-order chi connectivity index (χ0) is 14.9. The van der Waals surface area contributed by atoms with Gasteiger partial charge in [0.05, 0.1) is 0 Å². The Hall–Kier alpha value is -1.19. The minimum absolute atomic E-state index is 0.125. The Balaban J connectivity index is 2.22. The molecule has 0 bridgehead atoms. The molecule has 0 aromatic heterocycles. The van der Waals surface area contributed by atoms with E-state index in [1.807, 2.05) is 0 Å². The number of nitrogen functional groups attached to an aromatic ring is 1. The summed E-state index contributed by atoms with van der Waals surface area (Å²) in [7, 11) is -4.02. The minimum atomic E-state index is -4.02. The number of sulfonamides is 1. The van der Waals surface area contributed by atoms with Crippen LogP contribution in [0.15, 0.2) is 21.5 Å². The lowest BCUT2D eigenvalue weighted by Crippen LogP contribution is -2.47. The SMILES string of the molecule is Nc1cc(S(=O)(=O)NC2CCC(=O)NC2)c(F)cc1Br. The van der Waals surface area contributed by atoms with Crippen LogP contribution in [-0.2, 0) is 14.8 Å². The molecule has 0 saturated carbocycles. The third-order valence-corrected chi connectivity index (χ3v) is 5.15. The monoisotopic (exact) mass is 365 g/mol. The lowest BCUT2D eigenvalue weighted by Gasteiger charge is -2.23. The van der Waals surface area contributed by atoms with Gasteiger partial charge in [-0.1, -0.05) is 0 Å². The van der Waals surface area contributed by atoms with Crippen LogP contribution in [0.1, 0.15) is 12.8 Å². The molecule has 1 unspecified atom stereocenters. The van der Waals surface area contributed by atoms with Gasteiger partial charge in [-0.05, 0) is 34.5 Å². The third-order valence-electron chi connectivity index (χ3n) is 2.93. The summed E-state index contributed by atoms with van der Waals surface area (Å²) in [6, 6.07) is 1.61. The lowest BCUT2D eigenvalue weighted by molar-refractivity contribution is -0.122. The predicted octanol–water partition coefficient (Wildman–Crippen LogP) is 0.727. The van der Waals surface area contributed by atoms with E-state index < -0.39 is 26.8 Å². The van der Waals surface area contributed by atoms with E-state index in [0.29, 0.717) is 10.9 Å². The number of nitrogens with one attached hydrogen (secondary N) is 2. The summed E-state index contributed by atoms with van der Waals surface area (Å²) in [6.45, 7) is 0.186. The van der Waals surface area contributed by atoms with Gasteiger partial charge in [0.15, 0.2) is 0 Å². The van der Waals surface area contributed by atoms with Crippen LogP contribution in [-0.4, -0.2) is 26.9 Å². The highest BCUT2D eigenvalue weighted by Crippen LogP contribution is 2.26. The van der Waals surface area contributed by atoms with Gasteiger partial charge in [0.1, 0.15) is 10.7 Å². The van der Waals surface area contributed by atoms with Crippen LogP contribution in [0, 0.1) is 5.82 Å². The highest BCUT2D eigenvalue weighted by atomic mass is 79.9. The van der Waals surface area contributed by atoms with Crippen LogP contribution in [0.5, 0.6) is 0 Å². The quantitative estimate of drug-likeness (QED) is 0.687. The van der Waals surface area contributed by atoms with E-state index in [1.165, 1.54) is 0 Å². The fraction of sp³-hybridized carbons (Fsp3) is 0.364. The van der Waals surface area contributed by atoms with Gasteiger partial charge in [0.2, 0.25) is 15.9 Å². The number of nitrogens with two attached hydrogens (primary N) is 1. The van der Waals surface area contributed by atoms with Gasteiger partial charge in [-0.2, -0.15) is 0 Å². The summed E-state index contributed by atoms with van der Waals surface area (Å²) in [5, 5.41) is 2.55. The normalized spacial score (nSPS) is 19.7. The molecule has 1 aliphatic heterocycles. The standard InChI is InChI=1S/C11H13BrFN3O3S/c12-7-3-8(13)10(4-9(7)14)20(18,19)16-6-1-2-11(17)15-5-6/h3-4,6,16H,1-2,5,14H2,(H,15,17). The minimum Gasteiger partial charge on any atom is -0.398 e. The number of benzene rings is 1. The van der Waals surface area contributed by atoms with Crippen molar-refractivity contribution in [3.05, 3.63) is 22.4 Å². The zero-order valence-electron chi connectivity index (χ0n) is 10.3. The molecule has 1 fully saturated rings. The number of anilines is 1. The third kappa shape index (κ3) is 3.28. The smallest absolute Gasteiger partial charge is 0.243 e. The van der Waals surface area contributed by atoms with Crippen molar-refractivity contribution in [1.82, 2.24) is 10.0 Å². The highest BCUT2D eigenvalue weighted by molar-refractivity contribution is 9.10. The number of piperidine rings is 1. The van der Waals surface area contributed by atoms with Crippen molar-refractivity contribution in [2.24, 2.45) is 0 Å². The molecule has 110 valence electrons. The van der Waals surface area contributed by atoms with Gasteiger partial charge < -0.3 is 11.1 Å². The van der Waals surface area contributed by atoms with Gasteiger partial charge in [-0.3, -0.25) is 4.79 Å². The molecule has 9 heteroatoms. The van der Waals surface area contributed by atoms with Crippen molar-refractivity contribution in [2.45, 2.75) is 23.8 Å². The van der Waals surface area contributed by atoms with E-state index in [-0.39, 0.29) is 24.6 Å². The van der Waals surface area contributed by atoms with E-state index in [2.05, 4.69) is 26.0 Å². The second kappa shape index (κ2) is 5.66. The van der Waals surface area contributed by atoms with Crippen LogP contribution in [0.3, 0.4) is 0 Å². The van der Waals surface area contributed by atoms with Gasteiger partial charge in [0.25, 0.3) is 0 Å². The fourth-order valence-corrected chi connectivity index (χ4v) is 3.55. The van der Waals surface area contributed by atoms with Crippen molar-refractivity contribution in [2.75, 3.05) is 12.3 Å². The van der Waals surface area contributed by atoms with Crippen LogP contribution in [0.2, 0.25) is 0 Å². The maximum atomic E-state index is 13.8. The molecule has 6 nitrogen and oxygen atoms in total. The second-order valence-corrected chi connectivity index (χ2v) is 7.00. The zero-order valence-corrected chi connectivity index (χ0v) is 12.7. The maximum Gasteiger partial charge on any atom is 0.243 e. The first-order valence-corrected chi connectivity index (χ1v) is 8.11. The van der Waals surface area contributed by atoms with E-state index >= 15 is 0 Å². The number of carbonyl (C=O) groups excluding carboxylic acids is 1. The molecule has 1 aliphatic rings. The molecule has 2 rings (SSSR count). The molecule has 1 aromatic rings. The molecule has 0 aliphatic carbocycles. The van der Waals surface area contributed by atoms with Gasteiger partial charge >= 0.3 is 0 Å². The molecule has 1 amide bonds. The van der Waals surface area contributed by atoms with Crippen molar-refractivity contribution < 1.29 is 17.6 Å². The first-order valence-electron chi connectivity index (χ1n) is 5.83. The number of amides is 1. The summed E-state index contributed by atoms with van der Waals surface area (Å²) >= 11 is 3.02. The van der Waals surface area contributed by atoms with Crippen molar-refractivity contribution in [1.29, 1.82) is 0 Å². The van der Waals surface area contributed by atoms with E-state index in [4.69, 9.17) is 5.73 Å². The summed E-state index contributed by atoms with van der Waals surface area (Å²) in [4.78, 5) is 10.5. The topological polar surface area (TPSA) is 101 Å². The second-order valence-electron chi connectivity index (χ2n) is 4.47. The van der Waals surface area contributed by atoms with Crippen molar-refractivity contribution in [3.63, 3.8) is 0 Å². The maximum absolute atomic E-state index is 13.8. The Morgan fingerprint density at radius 2 is 2.15 bits per heavy atom. The van der Waals surface area contributed by atoms with E-state index in [9.17, 15) is 17.6 Å². The molecule has 0 radical (unpaired) electrons. The number of rotatable bonds is 3. The Labute approximate surface area is 124 Å². The van der Waals surface area contributed by atoms with Gasteiger partial charge in [0, 0.05) is 29.2 Å².